The van der Waals surface area contributed by atoms with E-state index in [2.05, 4.69) is 36.5 Å². The van der Waals surface area contributed by atoms with Crippen LogP contribution in [0.25, 0.3) is 0 Å². The van der Waals surface area contributed by atoms with Crippen LogP contribution >= 0.6 is 11.3 Å². The standard InChI is InChI=1S/C14H24N2OS/c1-13(2,3)10-9-18-11(16-10)7-8-15-12(17)14(4,5)6/h9H,7-8H2,1-6H3,(H,15,17). The van der Waals surface area contributed by atoms with Crippen molar-refractivity contribution >= 4 is 17.2 Å². The Morgan fingerprint density at radius 2 is 1.89 bits per heavy atom. The van der Waals surface area contributed by atoms with E-state index in [1.165, 1.54) is 0 Å². The Bertz CT molecular complexity index is 410. The fourth-order valence-corrected chi connectivity index (χ4v) is 2.34. The van der Waals surface area contributed by atoms with E-state index in [1.807, 2.05) is 20.8 Å². The highest BCUT2D eigenvalue weighted by Crippen LogP contribution is 2.23. The molecule has 4 heteroatoms. The molecule has 1 heterocycles. The van der Waals surface area contributed by atoms with Gasteiger partial charge in [-0.05, 0) is 0 Å². The number of nitrogens with zero attached hydrogens (tertiary/aromatic N) is 1. The Morgan fingerprint density at radius 3 is 2.33 bits per heavy atom. The summed E-state index contributed by atoms with van der Waals surface area (Å²) in [5.74, 6) is 0.0927. The van der Waals surface area contributed by atoms with Gasteiger partial charge in [-0.3, -0.25) is 4.79 Å². The topological polar surface area (TPSA) is 42.0 Å². The van der Waals surface area contributed by atoms with Crippen molar-refractivity contribution in [3.8, 4) is 0 Å². The first-order valence-electron chi connectivity index (χ1n) is 6.34. The molecule has 0 aromatic carbocycles. The van der Waals surface area contributed by atoms with Gasteiger partial charge in [0.15, 0.2) is 0 Å². The molecule has 0 aliphatic rings. The summed E-state index contributed by atoms with van der Waals surface area (Å²) >= 11 is 1.67. The van der Waals surface area contributed by atoms with E-state index in [4.69, 9.17) is 0 Å². The van der Waals surface area contributed by atoms with Gasteiger partial charge < -0.3 is 5.32 Å². The van der Waals surface area contributed by atoms with Gasteiger partial charge in [0.2, 0.25) is 5.91 Å². The number of amides is 1. The first kappa shape index (κ1) is 15.2. The van der Waals surface area contributed by atoms with Gasteiger partial charge in [-0.1, -0.05) is 41.5 Å². The van der Waals surface area contributed by atoms with Crippen LogP contribution in [-0.4, -0.2) is 17.4 Å². The average molecular weight is 268 g/mol. The first-order valence-corrected chi connectivity index (χ1v) is 7.22. The van der Waals surface area contributed by atoms with E-state index in [0.717, 1.165) is 17.1 Å². The zero-order valence-corrected chi connectivity index (χ0v) is 13.1. The van der Waals surface area contributed by atoms with E-state index in [9.17, 15) is 4.79 Å². The highest BCUT2D eigenvalue weighted by Gasteiger charge is 2.21. The zero-order valence-electron chi connectivity index (χ0n) is 12.3. The number of hydrogen-bond donors (Lipinski definition) is 1. The Hall–Kier alpha value is -0.900. The van der Waals surface area contributed by atoms with E-state index in [-0.39, 0.29) is 16.7 Å². The molecule has 1 N–H and O–H groups in total. The summed E-state index contributed by atoms with van der Waals surface area (Å²) < 4.78 is 0. The van der Waals surface area contributed by atoms with Crippen LogP contribution < -0.4 is 5.32 Å². The molecular weight excluding hydrogens is 244 g/mol. The highest BCUT2D eigenvalue weighted by atomic mass is 32.1. The summed E-state index contributed by atoms with van der Waals surface area (Å²) in [6, 6.07) is 0. The number of rotatable bonds is 3. The summed E-state index contributed by atoms with van der Waals surface area (Å²) in [5.41, 5.74) is 0.910. The molecule has 18 heavy (non-hydrogen) atoms. The molecule has 1 amide bonds. The van der Waals surface area contributed by atoms with E-state index in [1.54, 1.807) is 11.3 Å². The maximum Gasteiger partial charge on any atom is 0.225 e. The minimum atomic E-state index is -0.320. The Labute approximate surface area is 114 Å². The summed E-state index contributed by atoms with van der Waals surface area (Å²) in [5, 5.41) is 6.15. The van der Waals surface area contributed by atoms with E-state index >= 15 is 0 Å². The number of thiazole rings is 1. The largest absolute Gasteiger partial charge is 0.355 e. The second kappa shape index (κ2) is 5.39. The molecule has 3 nitrogen and oxygen atoms in total. The smallest absolute Gasteiger partial charge is 0.225 e. The second-order valence-corrected chi connectivity index (χ2v) is 7.58. The average Bonchev–Trinajstić information content (AvgIpc) is 2.64. The fourth-order valence-electron chi connectivity index (χ4n) is 1.32. The lowest BCUT2D eigenvalue weighted by Crippen LogP contribution is -2.35. The Kier molecular flexibility index (Phi) is 4.54. The van der Waals surface area contributed by atoms with Crippen molar-refractivity contribution in [2.75, 3.05) is 6.54 Å². The van der Waals surface area contributed by atoms with Crippen molar-refractivity contribution in [3.05, 3.63) is 16.1 Å². The lowest BCUT2D eigenvalue weighted by molar-refractivity contribution is -0.128. The molecule has 0 atom stereocenters. The molecule has 102 valence electrons. The number of aromatic nitrogens is 1. The third kappa shape index (κ3) is 4.41. The Morgan fingerprint density at radius 1 is 1.28 bits per heavy atom. The van der Waals surface area contributed by atoms with Crippen molar-refractivity contribution < 1.29 is 4.79 Å². The predicted octanol–water partition coefficient (Wildman–Crippen LogP) is 3.15. The van der Waals surface area contributed by atoms with Crippen LogP contribution in [-0.2, 0) is 16.6 Å². The predicted molar refractivity (Wildman–Crippen MR) is 77.0 cm³/mol. The molecule has 0 saturated heterocycles. The molecule has 0 radical (unpaired) electrons. The van der Waals surface area contributed by atoms with Crippen LogP contribution in [0.15, 0.2) is 5.38 Å². The van der Waals surface area contributed by atoms with Gasteiger partial charge in [-0.25, -0.2) is 4.98 Å². The van der Waals surface area contributed by atoms with Crippen LogP contribution in [0.3, 0.4) is 0 Å². The van der Waals surface area contributed by atoms with Crippen molar-refractivity contribution in [3.63, 3.8) is 0 Å². The van der Waals surface area contributed by atoms with Crippen molar-refractivity contribution in [2.24, 2.45) is 5.41 Å². The molecule has 0 unspecified atom stereocenters. The zero-order chi connectivity index (χ0) is 14.0. The molecular formula is C14H24N2OS. The van der Waals surface area contributed by atoms with Gasteiger partial charge in [0.25, 0.3) is 0 Å². The third-order valence-corrected chi connectivity index (χ3v) is 3.53. The number of carbonyl (C=O) groups is 1. The molecule has 0 bridgehead atoms. The lowest BCUT2D eigenvalue weighted by atomic mass is 9.93. The van der Waals surface area contributed by atoms with Gasteiger partial charge in [0, 0.05) is 29.2 Å². The first-order chi connectivity index (χ1) is 8.10. The third-order valence-electron chi connectivity index (χ3n) is 2.63. The van der Waals surface area contributed by atoms with Crippen LogP contribution in [0.4, 0.5) is 0 Å². The summed E-state index contributed by atoms with van der Waals surface area (Å²) in [7, 11) is 0. The molecule has 0 aliphatic heterocycles. The number of hydrogen-bond acceptors (Lipinski definition) is 3. The molecule has 0 saturated carbocycles. The Balaban J connectivity index is 2.46. The normalized spacial score (nSPS) is 12.6. The van der Waals surface area contributed by atoms with Crippen LogP contribution in [0.2, 0.25) is 0 Å². The number of nitrogens with one attached hydrogen (secondary N) is 1. The molecule has 1 rings (SSSR count). The number of carbonyl (C=O) groups excluding carboxylic acids is 1. The molecule has 0 aliphatic carbocycles. The highest BCUT2D eigenvalue weighted by molar-refractivity contribution is 7.09. The monoisotopic (exact) mass is 268 g/mol. The molecule has 1 aromatic rings. The quantitative estimate of drug-likeness (QED) is 0.915. The van der Waals surface area contributed by atoms with Gasteiger partial charge in [0.05, 0.1) is 10.7 Å². The molecule has 0 fully saturated rings. The van der Waals surface area contributed by atoms with Gasteiger partial charge >= 0.3 is 0 Å². The van der Waals surface area contributed by atoms with Crippen LogP contribution in [0.5, 0.6) is 0 Å². The second-order valence-electron chi connectivity index (χ2n) is 6.63. The SMILES string of the molecule is CC(C)(C)C(=O)NCCc1nc(C(C)(C)C)cs1. The van der Waals surface area contributed by atoms with Gasteiger partial charge in [-0.15, -0.1) is 11.3 Å². The maximum absolute atomic E-state index is 11.7. The molecule has 1 aromatic heterocycles. The molecule has 0 spiro atoms. The van der Waals surface area contributed by atoms with Crippen molar-refractivity contribution in [1.82, 2.24) is 10.3 Å². The van der Waals surface area contributed by atoms with Crippen molar-refractivity contribution in [1.29, 1.82) is 0 Å². The van der Waals surface area contributed by atoms with Crippen molar-refractivity contribution in [2.45, 2.75) is 53.4 Å². The minimum Gasteiger partial charge on any atom is -0.355 e. The minimum absolute atomic E-state index is 0.0927. The van der Waals surface area contributed by atoms with E-state index < -0.39 is 0 Å². The lowest BCUT2D eigenvalue weighted by Gasteiger charge is -2.17. The summed E-state index contributed by atoms with van der Waals surface area (Å²) in [4.78, 5) is 16.3. The van der Waals surface area contributed by atoms with Crippen LogP contribution in [0.1, 0.15) is 52.2 Å². The fraction of sp³-hybridized carbons (Fsp3) is 0.714. The summed E-state index contributed by atoms with van der Waals surface area (Å²) in [6.07, 6.45) is 0.808. The van der Waals surface area contributed by atoms with Crippen LogP contribution in [0, 0.1) is 5.41 Å². The van der Waals surface area contributed by atoms with E-state index in [0.29, 0.717) is 6.54 Å². The summed E-state index contributed by atoms with van der Waals surface area (Å²) in [6.45, 7) is 12.9. The van der Waals surface area contributed by atoms with Gasteiger partial charge in [0.1, 0.15) is 0 Å². The maximum atomic E-state index is 11.7. The van der Waals surface area contributed by atoms with Gasteiger partial charge in [-0.2, -0.15) is 0 Å².